The van der Waals surface area contributed by atoms with Gasteiger partial charge in [0, 0.05) is 12.1 Å². The van der Waals surface area contributed by atoms with Crippen molar-refractivity contribution in [1.82, 2.24) is 4.90 Å². The van der Waals surface area contributed by atoms with Gasteiger partial charge in [-0.15, -0.1) is 0 Å². The number of piperidine rings is 1. The minimum Gasteiger partial charge on any atom is -0.329 e. The Bertz CT molecular complexity index is 258. The Labute approximate surface area is 113 Å². The van der Waals surface area contributed by atoms with Crippen LogP contribution in [0.25, 0.3) is 0 Å². The van der Waals surface area contributed by atoms with E-state index >= 15 is 0 Å². The van der Waals surface area contributed by atoms with Gasteiger partial charge in [-0.1, -0.05) is 39.5 Å². The molecule has 0 aromatic rings. The number of nitrogens with two attached hydrogens (primary N) is 1. The number of likely N-dealkylation sites (tertiary alicyclic amines) is 1. The fraction of sp³-hybridized carbons (Fsp3) is 1.00. The van der Waals surface area contributed by atoms with Crippen LogP contribution in [0.3, 0.4) is 0 Å². The largest absolute Gasteiger partial charge is 0.329 e. The van der Waals surface area contributed by atoms with Crippen molar-refractivity contribution in [3.8, 4) is 0 Å². The Balaban J connectivity index is 1.94. The van der Waals surface area contributed by atoms with Crippen molar-refractivity contribution < 1.29 is 0 Å². The molecule has 1 aliphatic carbocycles. The van der Waals surface area contributed by atoms with Gasteiger partial charge in [-0.2, -0.15) is 0 Å². The predicted octanol–water partition coefficient (Wildman–Crippen LogP) is 3.41. The van der Waals surface area contributed by atoms with E-state index in [-0.39, 0.29) is 5.54 Å². The number of hydrogen-bond acceptors (Lipinski definition) is 2. The van der Waals surface area contributed by atoms with Crippen LogP contribution >= 0.6 is 0 Å². The normalized spacial score (nSPS) is 28.0. The Hall–Kier alpha value is -0.0800. The molecule has 2 heteroatoms. The van der Waals surface area contributed by atoms with Crippen molar-refractivity contribution >= 4 is 0 Å². The van der Waals surface area contributed by atoms with Gasteiger partial charge in [0.05, 0.1) is 0 Å². The van der Waals surface area contributed by atoms with Crippen LogP contribution in [0.1, 0.15) is 65.7 Å². The van der Waals surface area contributed by atoms with Crippen LogP contribution in [-0.2, 0) is 0 Å². The van der Waals surface area contributed by atoms with Crippen molar-refractivity contribution in [2.75, 3.05) is 19.6 Å². The van der Waals surface area contributed by atoms with Crippen LogP contribution in [0.15, 0.2) is 0 Å². The van der Waals surface area contributed by atoms with Gasteiger partial charge in [0.25, 0.3) is 0 Å². The van der Waals surface area contributed by atoms with Crippen LogP contribution in [-0.4, -0.2) is 30.1 Å². The van der Waals surface area contributed by atoms with Crippen molar-refractivity contribution in [2.45, 2.75) is 71.3 Å². The molecule has 0 bridgehead atoms. The fourth-order valence-corrected chi connectivity index (χ4v) is 3.76. The highest BCUT2D eigenvalue weighted by molar-refractivity contribution is 4.96. The van der Waals surface area contributed by atoms with Crippen molar-refractivity contribution in [3.63, 3.8) is 0 Å². The van der Waals surface area contributed by atoms with E-state index in [1.165, 1.54) is 58.0 Å². The molecule has 1 saturated heterocycles. The maximum Gasteiger partial charge on any atom is 0.0306 e. The standard InChI is InChI=1S/C16H32N2/c1-4-16(5-2)8-10-18(11-9-16)15(3,13-17)12-14-6-7-14/h14H,4-13,17H2,1-3H3. The van der Waals surface area contributed by atoms with Gasteiger partial charge in [-0.3, -0.25) is 4.90 Å². The first-order valence-electron chi connectivity index (χ1n) is 8.02. The van der Waals surface area contributed by atoms with Crippen LogP contribution in [0, 0.1) is 11.3 Å². The third-order valence-corrected chi connectivity index (χ3v) is 5.95. The van der Waals surface area contributed by atoms with E-state index in [1.54, 1.807) is 0 Å². The summed E-state index contributed by atoms with van der Waals surface area (Å²) in [7, 11) is 0. The zero-order valence-electron chi connectivity index (χ0n) is 12.7. The van der Waals surface area contributed by atoms with E-state index in [0.29, 0.717) is 5.41 Å². The molecule has 106 valence electrons. The quantitative estimate of drug-likeness (QED) is 0.785. The molecule has 1 aliphatic heterocycles. The Morgan fingerprint density at radius 3 is 2.11 bits per heavy atom. The number of nitrogens with zero attached hydrogens (tertiary/aromatic N) is 1. The molecule has 1 saturated carbocycles. The summed E-state index contributed by atoms with van der Waals surface area (Å²) in [5.74, 6) is 0.975. The lowest BCUT2D eigenvalue weighted by atomic mass is 9.73. The van der Waals surface area contributed by atoms with Gasteiger partial charge in [-0.05, 0) is 50.6 Å². The van der Waals surface area contributed by atoms with Crippen LogP contribution in [0.2, 0.25) is 0 Å². The second-order valence-corrected chi connectivity index (χ2v) is 7.04. The van der Waals surface area contributed by atoms with Crippen molar-refractivity contribution in [3.05, 3.63) is 0 Å². The molecule has 0 aromatic carbocycles. The summed E-state index contributed by atoms with van der Waals surface area (Å²) in [6.07, 6.45) is 9.66. The maximum atomic E-state index is 6.10. The lowest BCUT2D eigenvalue weighted by Crippen LogP contribution is -2.56. The van der Waals surface area contributed by atoms with E-state index in [0.717, 1.165) is 12.5 Å². The SMILES string of the molecule is CCC1(CC)CCN(C(C)(CN)CC2CC2)CC1. The first-order chi connectivity index (χ1) is 8.57. The first-order valence-corrected chi connectivity index (χ1v) is 8.02. The van der Waals surface area contributed by atoms with Gasteiger partial charge in [-0.25, -0.2) is 0 Å². The average Bonchev–Trinajstić information content (AvgIpc) is 3.22. The van der Waals surface area contributed by atoms with Gasteiger partial charge < -0.3 is 5.73 Å². The molecule has 2 nitrogen and oxygen atoms in total. The van der Waals surface area contributed by atoms with Crippen LogP contribution in [0.5, 0.6) is 0 Å². The molecule has 1 unspecified atom stereocenters. The summed E-state index contributed by atoms with van der Waals surface area (Å²) < 4.78 is 0. The molecule has 2 aliphatic rings. The molecule has 1 heterocycles. The monoisotopic (exact) mass is 252 g/mol. The van der Waals surface area contributed by atoms with Gasteiger partial charge in [0.15, 0.2) is 0 Å². The minimum absolute atomic E-state index is 0.273. The van der Waals surface area contributed by atoms with Crippen molar-refractivity contribution in [1.29, 1.82) is 0 Å². The summed E-state index contributed by atoms with van der Waals surface area (Å²) in [5.41, 5.74) is 7.01. The van der Waals surface area contributed by atoms with E-state index in [1.807, 2.05) is 0 Å². The molecule has 0 spiro atoms. The predicted molar refractivity (Wildman–Crippen MR) is 78.6 cm³/mol. The van der Waals surface area contributed by atoms with Gasteiger partial charge >= 0.3 is 0 Å². The first kappa shape index (κ1) is 14.3. The highest BCUT2D eigenvalue weighted by Gasteiger charge is 2.40. The third kappa shape index (κ3) is 2.91. The molecule has 0 aromatic heterocycles. The summed E-state index contributed by atoms with van der Waals surface area (Å²) in [5, 5.41) is 0. The highest BCUT2D eigenvalue weighted by Crippen LogP contribution is 2.43. The Morgan fingerprint density at radius 2 is 1.72 bits per heavy atom. The summed E-state index contributed by atoms with van der Waals surface area (Å²) in [6.45, 7) is 10.5. The second-order valence-electron chi connectivity index (χ2n) is 7.04. The lowest BCUT2D eigenvalue weighted by molar-refractivity contribution is 0.0180. The summed E-state index contributed by atoms with van der Waals surface area (Å²) >= 11 is 0. The fourth-order valence-electron chi connectivity index (χ4n) is 3.76. The maximum absolute atomic E-state index is 6.10. The highest BCUT2D eigenvalue weighted by atomic mass is 15.2. The van der Waals surface area contributed by atoms with E-state index in [2.05, 4.69) is 25.7 Å². The molecular formula is C16H32N2. The zero-order chi connectivity index (χ0) is 13.2. The molecule has 1 atom stereocenters. The van der Waals surface area contributed by atoms with Gasteiger partial charge in [0.1, 0.15) is 0 Å². The number of hydrogen-bond donors (Lipinski definition) is 1. The van der Waals surface area contributed by atoms with Crippen molar-refractivity contribution in [2.24, 2.45) is 17.1 Å². The number of rotatable bonds is 6. The smallest absolute Gasteiger partial charge is 0.0306 e. The Kier molecular flexibility index (Phi) is 4.38. The molecule has 2 N–H and O–H groups in total. The van der Waals surface area contributed by atoms with Crippen LogP contribution < -0.4 is 5.73 Å². The molecule has 2 fully saturated rings. The molecular weight excluding hydrogens is 220 g/mol. The second kappa shape index (κ2) is 5.50. The molecule has 2 rings (SSSR count). The summed E-state index contributed by atoms with van der Waals surface area (Å²) in [4.78, 5) is 2.70. The van der Waals surface area contributed by atoms with E-state index in [9.17, 15) is 0 Å². The molecule has 18 heavy (non-hydrogen) atoms. The van der Waals surface area contributed by atoms with E-state index in [4.69, 9.17) is 5.73 Å². The lowest BCUT2D eigenvalue weighted by Gasteiger charge is -2.48. The Morgan fingerprint density at radius 1 is 1.17 bits per heavy atom. The third-order valence-electron chi connectivity index (χ3n) is 5.95. The minimum atomic E-state index is 0.273. The van der Waals surface area contributed by atoms with E-state index < -0.39 is 0 Å². The molecule has 0 radical (unpaired) electrons. The average molecular weight is 252 g/mol. The summed E-state index contributed by atoms with van der Waals surface area (Å²) in [6, 6.07) is 0. The topological polar surface area (TPSA) is 29.3 Å². The molecule has 0 amide bonds. The zero-order valence-corrected chi connectivity index (χ0v) is 12.7. The van der Waals surface area contributed by atoms with Gasteiger partial charge in [0.2, 0.25) is 0 Å². The van der Waals surface area contributed by atoms with Crippen LogP contribution in [0.4, 0.5) is 0 Å².